The first-order valence-corrected chi connectivity index (χ1v) is 10.6. The van der Waals surface area contributed by atoms with Crippen molar-refractivity contribution in [3.63, 3.8) is 0 Å². The van der Waals surface area contributed by atoms with Gasteiger partial charge in [-0.15, -0.1) is 0 Å². The molecule has 6 nitrogen and oxygen atoms in total. The molecule has 0 fully saturated rings. The third kappa shape index (κ3) is 6.19. The van der Waals surface area contributed by atoms with Gasteiger partial charge in [0.1, 0.15) is 23.4 Å². The second-order valence-corrected chi connectivity index (χ2v) is 8.33. The Labute approximate surface area is 191 Å². The van der Waals surface area contributed by atoms with Gasteiger partial charge in [0.05, 0.1) is 6.20 Å². The minimum atomic E-state index is -1.09. The monoisotopic (exact) mass is 452 g/mol. The average Bonchev–Trinajstić information content (AvgIpc) is 2.81. The number of hydrogen-bond acceptors (Lipinski definition) is 4. The summed E-state index contributed by atoms with van der Waals surface area (Å²) in [5.41, 5.74) is 0.560. The standard InChI is InChI=1S/C25H26F2N4O2/c1-4-25(2,3)30-23(32)22(18-7-11-20(27)12-8-18)31(16-17-5-9-19(26)10-6-17)24(33)21-15-28-13-14-29-21/h5-15,22H,4,16H2,1-3H3,(H,30,32)/t22-/m1/s1. The van der Waals surface area contributed by atoms with Crippen LogP contribution < -0.4 is 5.32 Å². The molecule has 0 aliphatic rings. The van der Waals surface area contributed by atoms with Gasteiger partial charge >= 0.3 is 0 Å². The Morgan fingerprint density at radius 1 is 1.00 bits per heavy atom. The van der Waals surface area contributed by atoms with Crippen molar-refractivity contribution in [1.82, 2.24) is 20.2 Å². The van der Waals surface area contributed by atoms with Crippen LogP contribution in [0, 0.1) is 11.6 Å². The third-order valence-corrected chi connectivity index (χ3v) is 5.40. The molecule has 3 rings (SSSR count). The van der Waals surface area contributed by atoms with Crippen molar-refractivity contribution in [3.8, 4) is 0 Å². The zero-order valence-corrected chi connectivity index (χ0v) is 18.8. The second kappa shape index (κ2) is 10.3. The van der Waals surface area contributed by atoms with E-state index in [4.69, 9.17) is 0 Å². The Balaban J connectivity index is 2.10. The largest absolute Gasteiger partial charge is 0.349 e. The lowest BCUT2D eigenvalue weighted by molar-refractivity contribution is -0.127. The summed E-state index contributed by atoms with van der Waals surface area (Å²) < 4.78 is 27.1. The highest BCUT2D eigenvalue weighted by molar-refractivity contribution is 5.96. The van der Waals surface area contributed by atoms with Crippen molar-refractivity contribution in [2.45, 2.75) is 45.3 Å². The number of hydrogen-bond donors (Lipinski definition) is 1. The predicted octanol–water partition coefficient (Wildman–Crippen LogP) is 4.44. The summed E-state index contributed by atoms with van der Waals surface area (Å²) in [6.45, 7) is 5.69. The average molecular weight is 453 g/mol. The minimum Gasteiger partial charge on any atom is -0.349 e. The predicted molar refractivity (Wildman–Crippen MR) is 120 cm³/mol. The van der Waals surface area contributed by atoms with Crippen LogP contribution in [0.3, 0.4) is 0 Å². The number of amides is 2. The molecule has 0 saturated carbocycles. The fourth-order valence-electron chi connectivity index (χ4n) is 3.23. The Bertz CT molecular complexity index is 1090. The van der Waals surface area contributed by atoms with E-state index in [-0.39, 0.29) is 12.2 Å². The molecular formula is C25H26F2N4O2. The van der Waals surface area contributed by atoms with Crippen LogP contribution >= 0.6 is 0 Å². The minimum absolute atomic E-state index is 0.00228. The van der Waals surface area contributed by atoms with Crippen LogP contribution in [0.1, 0.15) is 54.8 Å². The second-order valence-electron chi connectivity index (χ2n) is 8.33. The number of carbonyl (C=O) groups is 2. The lowest BCUT2D eigenvalue weighted by Gasteiger charge is -2.34. The van der Waals surface area contributed by atoms with Gasteiger partial charge in [-0.25, -0.2) is 13.8 Å². The molecule has 8 heteroatoms. The Morgan fingerprint density at radius 2 is 1.61 bits per heavy atom. The highest BCUT2D eigenvalue weighted by Crippen LogP contribution is 2.27. The molecule has 0 aliphatic heterocycles. The number of aromatic nitrogens is 2. The van der Waals surface area contributed by atoms with Gasteiger partial charge in [-0.2, -0.15) is 0 Å². The zero-order valence-electron chi connectivity index (χ0n) is 18.8. The number of nitrogens with one attached hydrogen (secondary N) is 1. The summed E-state index contributed by atoms with van der Waals surface area (Å²) in [6.07, 6.45) is 4.80. The molecule has 1 N–H and O–H groups in total. The molecule has 1 heterocycles. The zero-order chi connectivity index (χ0) is 24.0. The topological polar surface area (TPSA) is 75.2 Å². The van der Waals surface area contributed by atoms with Gasteiger partial charge < -0.3 is 10.2 Å². The van der Waals surface area contributed by atoms with E-state index in [0.717, 1.165) is 0 Å². The van der Waals surface area contributed by atoms with E-state index in [9.17, 15) is 18.4 Å². The Kier molecular flexibility index (Phi) is 7.48. The van der Waals surface area contributed by atoms with Crippen molar-refractivity contribution in [1.29, 1.82) is 0 Å². The van der Waals surface area contributed by atoms with Crippen LogP contribution in [0.2, 0.25) is 0 Å². The normalized spacial score (nSPS) is 12.2. The molecule has 3 aromatic rings. The van der Waals surface area contributed by atoms with Crippen molar-refractivity contribution >= 4 is 11.8 Å². The molecule has 2 aromatic carbocycles. The lowest BCUT2D eigenvalue weighted by atomic mass is 9.98. The molecule has 1 atom stereocenters. The SMILES string of the molecule is CCC(C)(C)NC(=O)[C@@H](c1ccc(F)cc1)N(Cc1ccc(F)cc1)C(=O)c1cnccn1. The Morgan fingerprint density at radius 3 is 2.15 bits per heavy atom. The van der Waals surface area contributed by atoms with Crippen LogP contribution in [0.4, 0.5) is 8.78 Å². The van der Waals surface area contributed by atoms with Crippen molar-refractivity contribution in [2.24, 2.45) is 0 Å². The highest BCUT2D eigenvalue weighted by Gasteiger charge is 2.35. The summed E-state index contributed by atoms with van der Waals surface area (Å²) in [4.78, 5) is 36.4. The van der Waals surface area contributed by atoms with Gasteiger partial charge in [0, 0.05) is 24.5 Å². The number of nitrogens with zero attached hydrogens (tertiary/aromatic N) is 3. The van der Waals surface area contributed by atoms with Gasteiger partial charge in [0.2, 0.25) is 5.91 Å². The summed E-state index contributed by atoms with van der Waals surface area (Å²) in [5, 5.41) is 2.98. The van der Waals surface area contributed by atoms with E-state index >= 15 is 0 Å². The molecule has 0 saturated heterocycles. The van der Waals surface area contributed by atoms with E-state index in [1.54, 1.807) is 12.1 Å². The molecule has 0 bridgehead atoms. The number of carbonyl (C=O) groups excluding carboxylic acids is 2. The molecule has 2 amide bonds. The van der Waals surface area contributed by atoms with E-state index < -0.39 is 35.0 Å². The van der Waals surface area contributed by atoms with Gasteiger partial charge in [0.15, 0.2) is 0 Å². The Hall–Kier alpha value is -3.68. The van der Waals surface area contributed by atoms with Crippen molar-refractivity contribution in [3.05, 3.63) is 95.6 Å². The first-order chi connectivity index (χ1) is 15.7. The van der Waals surface area contributed by atoms with E-state index in [1.807, 2.05) is 20.8 Å². The van der Waals surface area contributed by atoms with Gasteiger partial charge in [-0.3, -0.25) is 14.6 Å². The maximum Gasteiger partial charge on any atom is 0.275 e. The van der Waals surface area contributed by atoms with Crippen LogP contribution in [0.25, 0.3) is 0 Å². The number of benzene rings is 2. The molecule has 172 valence electrons. The molecule has 0 spiro atoms. The molecule has 33 heavy (non-hydrogen) atoms. The smallest absolute Gasteiger partial charge is 0.275 e. The first-order valence-electron chi connectivity index (χ1n) is 10.6. The van der Waals surface area contributed by atoms with Gasteiger partial charge in [0.25, 0.3) is 5.91 Å². The summed E-state index contributed by atoms with van der Waals surface area (Å²) >= 11 is 0. The highest BCUT2D eigenvalue weighted by atomic mass is 19.1. The maximum absolute atomic E-state index is 13.7. The van der Waals surface area contributed by atoms with Gasteiger partial charge in [-0.1, -0.05) is 31.2 Å². The lowest BCUT2D eigenvalue weighted by Crippen LogP contribution is -2.50. The number of rotatable bonds is 8. The van der Waals surface area contributed by atoms with E-state index in [1.165, 1.54) is 59.9 Å². The molecular weight excluding hydrogens is 426 g/mol. The fourth-order valence-corrected chi connectivity index (χ4v) is 3.23. The third-order valence-electron chi connectivity index (χ3n) is 5.40. The quantitative estimate of drug-likeness (QED) is 0.548. The molecule has 1 aromatic heterocycles. The summed E-state index contributed by atoms with van der Waals surface area (Å²) in [5.74, 6) is -1.83. The number of halogens is 2. The molecule has 0 aliphatic carbocycles. The van der Waals surface area contributed by atoms with E-state index in [0.29, 0.717) is 17.5 Å². The van der Waals surface area contributed by atoms with Crippen LogP contribution in [-0.2, 0) is 11.3 Å². The van der Waals surface area contributed by atoms with Gasteiger partial charge in [-0.05, 0) is 55.7 Å². The molecule has 0 unspecified atom stereocenters. The van der Waals surface area contributed by atoms with E-state index in [2.05, 4.69) is 15.3 Å². The first kappa shape index (κ1) is 24.0. The van der Waals surface area contributed by atoms with Crippen LogP contribution in [-0.4, -0.2) is 32.2 Å². The summed E-state index contributed by atoms with van der Waals surface area (Å²) in [6, 6.07) is 9.99. The van der Waals surface area contributed by atoms with Crippen molar-refractivity contribution < 1.29 is 18.4 Å². The fraction of sp³-hybridized carbons (Fsp3) is 0.280. The van der Waals surface area contributed by atoms with Crippen LogP contribution in [0.5, 0.6) is 0 Å². The van der Waals surface area contributed by atoms with Crippen LogP contribution in [0.15, 0.2) is 67.1 Å². The van der Waals surface area contributed by atoms with Crippen molar-refractivity contribution in [2.75, 3.05) is 0 Å². The molecule has 0 radical (unpaired) electrons. The maximum atomic E-state index is 13.7. The summed E-state index contributed by atoms with van der Waals surface area (Å²) in [7, 11) is 0.